The predicted octanol–water partition coefficient (Wildman–Crippen LogP) is 6.97. The molecule has 31 heavy (non-hydrogen) atoms. The molecule has 0 amide bonds. The van der Waals surface area contributed by atoms with Crippen molar-refractivity contribution in [1.82, 2.24) is 0 Å². The molecule has 0 aliphatic heterocycles. The normalized spacial score (nSPS) is 12.8. The summed E-state index contributed by atoms with van der Waals surface area (Å²) >= 11 is 0. The van der Waals surface area contributed by atoms with Crippen molar-refractivity contribution in [2.75, 3.05) is 0 Å². The topological polar surface area (TPSA) is 24.7 Å². The number of allylic oxidation sites excluding steroid dienone is 1. The first-order valence-corrected chi connectivity index (χ1v) is 10.8. The van der Waals surface area contributed by atoms with Crippen molar-refractivity contribution in [3.8, 4) is 0 Å². The highest BCUT2D eigenvalue weighted by molar-refractivity contribution is 6.13. The number of hydrogen-bond donors (Lipinski definition) is 0. The zero-order valence-electron chi connectivity index (χ0n) is 18.0. The Balaban J connectivity index is 1.79. The smallest absolute Gasteiger partial charge is 0.101 e. The quantitative estimate of drug-likeness (QED) is 0.149. The SMILES string of the molecule is C=CCCCc1ccc(C=NN=C(c2ccccc2)c2ccc(CC(C)F)cc2)cc1. The van der Waals surface area contributed by atoms with Crippen molar-refractivity contribution in [3.63, 3.8) is 0 Å². The molecular weight excluding hydrogens is 383 g/mol. The summed E-state index contributed by atoms with van der Waals surface area (Å²) in [4.78, 5) is 0. The van der Waals surface area contributed by atoms with Crippen LogP contribution in [0.2, 0.25) is 0 Å². The number of rotatable bonds is 10. The Bertz CT molecular complexity index is 1000. The Morgan fingerprint density at radius 3 is 2.19 bits per heavy atom. The molecule has 3 aromatic carbocycles. The minimum atomic E-state index is -0.855. The van der Waals surface area contributed by atoms with Crippen LogP contribution in [0.25, 0.3) is 0 Å². The van der Waals surface area contributed by atoms with Crippen LogP contribution in [0.15, 0.2) is 102 Å². The van der Waals surface area contributed by atoms with Gasteiger partial charge in [0.15, 0.2) is 0 Å². The fourth-order valence-corrected chi connectivity index (χ4v) is 3.38. The van der Waals surface area contributed by atoms with Crippen molar-refractivity contribution in [1.29, 1.82) is 0 Å². The van der Waals surface area contributed by atoms with E-state index in [1.807, 2.05) is 60.7 Å². The molecule has 0 saturated carbocycles. The zero-order chi connectivity index (χ0) is 21.9. The minimum absolute atomic E-state index is 0.416. The molecule has 1 unspecified atom stereocenters. The number of alkyl halides is 1. The van der Waals surface area contributed by atoms with E-state index in [0.717, 1.165) is 47.2 Å². The van der Waals surface area contributed by atoms with E-state index < -0.39 is 6.17 Å². The molecule has 0 aliphatic carbocycles. The Morgan fingerprint density at radius 1 is 0.903 bits per heavy atom. The van der Waals surface area contributed by atoms with Crippen LogP contribution in [0, 0.1) is 0 Å². The van der Waals surface area contributed by atoms with Gasteiger partial charge in [-0.25, -0.2) is 4.39 Å². The van der Waals surface area contributed by atoms with Crippen LogP contribution in [-0.4, -0.2) is 18.1 Å². The molecule has 1 atom stereocenters. The average molecular weight is 413 g/mol. The van der Waals surface area contributed by atoms with E-state index in [0.29, 0.717) is 6.42 Å². The van der Waals surface area contributed by atoms with Crippen LogP contribution in [0.3, 0.4) is 0 Å². The molecule has 3 rings (SSSR count). The van der Waals surface area contributed by atoms with Crippen molar-refractivity contribution in [2.24, 2.45) is 10.2 Å². The van der Waals surface area contributed by atoms with Gasteiger partial charge in [0, 0.05) is 17.5 Å². The maximum atomic E-state index is 13.3. The zero-order valence-corrected chi connectivity index (χ0v) is 18.0. The maximum absolute atomic E-state index is 13.3. The summed E-state index contributed by atoms with van der Waals surface area (Å²) in [5.41, 5.74) is 6.03. The second-order valence-electron chi connectivity index (χ2n) is 7.66. The van der Waals surface area contributed by atoms with E-state index in [-0.39, 0.29) is 0 Å². The lowest BCUT2D eigenvalue weighted by molar-refractivity contribution is 0.360. The molecule has 0 aromatic heterocycles. The van der Waals surface area contributed by atoms with Gasteiger partial charge in [-0.15, -0.1) is 11.7 Å². The Kier molecular flexibility index (Phi) is 8.48. The summed E-state index contributed by atoms with van der Waals surface area (Å²) < 4.78 is 13.3. The van der Waals surface area contributed by atoms with Crippen molar-refractivity contribution >= 4 is 11.9 Å². The molecule has 0 bridgehead atoms. The van der Waals surface area contributed by atoms with Crippen molar-refractivity contribution in [3.05, 3.63) is 119 Å². The first-order chi connectivity index (χ1) is 15.2. The van der Waals surface area contributed by atoms with E-state index >= 15 is 0 Å². The largest absolute Gasteiger partial charge is 0.247 e. The van der Waals surface area contributed by atoms with E-state index in [4.69, 9.17) is 0 Å². The van der Waals surface area contributed by atoms with Gasteiger partial charge in [0.25, 0.3) is 0 Å². The number of unbranched alkanes of at least 4 members (excludes halogenated alkanes) is 1. The van der Waals surface area contributed by atoms with E-state index in [1.165, 1.54) is 5.56 Å². The standard InChI is InChI=1S/C28H29FN2/c1-3-4-6-9-23-12-14-25(15-13-23)21-30-31-28(26-10-7-5-8-11-26)27-18-16-24(17-19-27)20-22(2)29/h3,5,7-8,10-19,21-22H,1,4,6,9,20H2,2H3. The summed E-state index contributed by atoms with van der Waals surface area (Å²) in [6, 6.07) is 26.3. The molecule has 3 aromatic rings. The van der Waals surface area contributed by atoms with Gasteiger partial charge >= 0.3 is 0 Å². The molecule has 3 heteroatoms. The lowest BCUT2D eigenvalue weighted by atomic mass is 10.00. The van der Waals surface area contributed by atoms with Crippen molar-refractivity contribution in [2.45, 2.75) is 38.8 Å². The van der Waals surface area contributed by atoms with E-state index in [2.05, 4.69) is 41.0 Å². The first kappa shape index (κ1) is 22.4. The molecule has 0 aliphatic rings. The first-order valence-electron chi connectivity index (χ1n) is 10.8. The summed E-state index contributed by atoms with van der Waals surface area (Å²) in [6.45, 7) is 5.34. The van der Waals surface area contributed by atoms with Crippen molar-refractivity contribution < 1.29 is 4.39 Å². The molecule has 0 fully saturated rings. The maximum Gasteiger partial charge on any atom is 0.101 e. The monoisotopic (exact) mass is 412 g/mol. The second kappa shape index (κ2) is 11.8. The third-order valence-electron chi connectivity index (χ3n) is 5.01. The lowest BCUT2D eigenvalue weighted by Gasteiger charge is -2.08. The highest BCUT2D eigenvalue weighted by Crippen LogP contribution is 2.15. The predicted molar refractivity (Wildman–Crippen MR) is 130 cm³/mol. The number of benzene rings is 3. The van der Waals surface area contributed by atoms with Crippen LogP contribution in [0.4, 0.5) is 4.39 Å². The van der Waals surface area contributed by atoms with Gasteiger partial charge in [-0.3, -0.25) is 0 Å². The minimum Gasteiger partial charge on any atom is -0.247 e. The van der Waals surface area contributed by atoms with Crippen LogP contribution < -0.4 is 0 Å². The number of hydrogen-bond acceptors (Lipinski definition) is 2. The summed E-state index contributed by atoms with van der Waals surface area (Å²) in [6.07, 6.45) is 6.50. The fraction of sp³-hybridized carbons (Fsp3) is 0.214. The average Bonchev–Trinajstić information content (AvgIpc) is 2.79. The molecular formula is C28H29FN2. The van der Waals surface area contributed by atoms with Gasteiger partial charge in [-0.05, 0) is 42.9 Å². The third kappa shape index (κ3) is 7.14. The third-order valence-corrected chi connectivity index (χ3v) is 5.01. The van der Waals surface area contributed by atoms with Crippen LogP contribution in [-0.2, 0) is 12.8 Å². The van der Waals surface area contributed by atoms with Gasteiger partial charge in [0.05, 0.1) is 6.21 Å². The van der Waals surface area contributed by atoms with Gasteiger partial charge in [-0.1, -0.05) is 84.9 Å². The molecule has 0 saturated heterocycles. The Morgan fingerprint density at radius 2 is 1.55 bits per heavy atom. The Hall–Kier alpha value is -3.33. The van der Waals surface area contributed by atoms with E-state index in [1.54, 1.807) is 13.1 Å². The summed E-state index contributed by atoms with van der Waals surface area (Å²) in [5, 5.41) is 8.89. The lowest BCUT2D eigenvalue weighted by Crippen LogP contribution is -2.04. The van der Waals surface area contributed by atoms with Crippen LogP contribution in [0.5, 0.6) is 0 Å². The molecule has 158 valence electrons. The highest BCUT2D eigenvalue weighted by atomic mass is 19.1. The molecule has 0 N–H and O–H groups in total. The van der Waals surface area contributed by atoms with Gasteiger partial charge in [-0.2, -0.15) is 5.10 Å². The van der Waals surface area contributed by atoms with Gasteiger partial charge in [0.1, 0.15) is 11.9 Å². The number of nitrogens with zero attached hydrogens (tertiary/aromatic N) is 2. The molecule has 0 radical (unpaired) electrons. The highest BCUT2D eigenvalue weighted by Gasteiger charge is 2.08. The van der Waals surface area contributed by atoms with E-state index in [9.17, 15) is 4.39 Å². The van der Waals surface area contributed by atoms with Crippen LogP contribution in [0.1, 0.15) is 47.6 Å². The second-order valence-corrected chi connectivity index (χ2v) is 7.66. The molecule has 2 nitrogen and oxygen atoms in total. The van der Waals surface area contributed by atoms with Gasteiger partial charge < -0.3 is 0 Å². The summed E-state index contributed by atoms with van der Waals surface area (Å²) in [7, 11) is 0. The molecule has 0 spiro atoms. The van der Waals surface area contributed by atoms with Gasteiger partial charge in [0.2, 0.25) is 0 Å². The molecule has 0 heterocycles. The number of aryl methyl sites for hydroxylation is 1. The summed E-state index contributed by atoms with van der Waals surface area (Å²) in [5.74, 6) is 0. The van der Waals surface area contributed by atoms with Crippen LogP contribution >= 0.6 is 0 Å². The number of halogens is 1. The fourth-order valence-electron chi connectivity index (χ4n) is 3.38. The Labute approximate surface area is 184 Å².